The minimum absolute atomic E-state index is 1.02. The average molecular weight is 268 g/mol. The largest absolute Gasteiger partial charge is 0.1000 e. The van der Waals surface area contributed by atoms with Crippen LogP contribution < -0.4 is 0 Å². The summed E-state index contributed by atoms with van der Waals surface area (Å²) in [4.78, 5) is 0. The summed E-state index contributed by atoms with van der Waals surface area (Å²) in [6.07, 6.45) is 7.16. The van der Waals surface area contributed by atoms with Gasteiger partial charge in [-0.3, -0.25) is 0 Å². The molecule has 0 atom stereocenters. The minimum atomic E-state index is 1.02. The van der Waals surface area contributed by atoms with Crippen LogP contribution in [-0.2, 0) is 0 Å². The molecule has 2 radical (unpaired) electrons. The van der Waals surface area contributed by atoms with Gasteiger partial charge in [-0.1, -0.05) is 57.7 Å². The van der Waals surface area contributed by atoms with Crippen molar-refractivity contribution in [2.45, 2.75) is 32.6 Å². The van der Waals surface area contributed by atoms with E-state index in [1.807, 2.05) is 0 Å². The fourth-order valence-corrected chi connectivity index (χ4v) is 1.05. The van der Waals surface area contributed by atoms with Gasteiger partial charge in [0.2, 0.25) is 0 Å². The van der Waals surface area contributed by atoms with E-state index in [-0.39, 0.29) is 0 Å². The Kier molecular flexibility index (Phi) is 8.35. The summed E-state index contributed by atoms with van der Waals surface area (Å²) < 4.78 is 1.02. The monoisotopic (exact) mass is 266 g/mol. The summed E-state index contributed by atoms with van der Waals surface area (Å²) in [5.41, 5.74) is 0. The van der Waals surface area contributed by atoms with Crippen LogP contribution in [0.2, 0.25) is 0 Å². The molecule has 0 nitrogen and oxygen atoms in total. The Morgan fingerprint density at radius 2 is 2.20 bits per heavy atom. The van der Waals surface area contributed by atoms with Crippen molar-refractivity contribution in [1.82, 2.24) is 0 Å². The van der Waals surface area contributed by atoms with Crippen LogP contribution in [0.4, 0.5) is 0 Å². The lowest BCUT2D eigenvalue weighted by Crippen LogP contribution is -1.72. The van der Waals surface area contributed by atoms with Crippen molar-refractivity contribution in [2.75, 3.05) is 0 Å². The summed E-state index contributed by atoms with van der Waals surface area (Å²) in [6, 6.07) is 0. The minimum Gasteiger partial charge on any atom is -0.0755 e. The first kappa shape index (κ1) is 10.7. The van der Waals surface area contributed by atoms with E-state index in [0.29, 0.717) is 0 Å². The van der Waals surface area contributed by atoms with E-state index in [1.54, 1.807) is 0 Å². The van der Waals surface area contributed by atoms with E-state index in [4.69, 9.17) is 0 Å². The third-order valence-corrected chi connectivity index (χ3v) is 2.70. The number of allylic oxidation sites excluding steroid dienone is 2. The molecule has 0 amide bonds. The lowest BCUT2D eigenvalue weighted by atomic mass is 10.2. The second kappa shape index (κ2) is 7.80. The average Bonchev–Trinajstić information content (AvgIpc) is 1.98. The Hall–Kier alpha value is 0.700. The fraction of sp³-hybridized carbons (Fsp3) is 0.625. The predicted molar refractivity (Wildman–Crippen MR) is 53.3 cm³/mol. The number of rotatable bonds is 5. The van der Waals surface area contributed by atoms with Gasteiger partial charge in [0.25, 0.3) is 0 Å². The molecule has 0 aromatic carbocycles. The van der Waals surface area contributed by atoms with Crippen LogP contribution in [0.5, 0.6) is 0 Å². The van der Waals surface area contributed by atoms with Crippen LogP contribution >= 0.6 is 31.9 Å². The maximum absolute atomic E-state index is 3.33. The number of halogens is 2. The molecule has 2 heteroatoms. The second-order valence-corrected chi connectivity index (χ2v) is 3.39. The lowest BCUT2D eigenvalue weighted by molar-refractivity contribution is 0.729. The van der Waals surface area contributed by atoms with Crippen molar-refractivity contribution in [3.63, 3.8) is 0 Å². The van der Waals surface area contributed by atoms with Crippen LogP contribution in [0.3, 0.4) is 0 Å². The molecule has 10 heavy (non-hydrogen) atoms. The first-order chi connectivity index (χ1) is 4.81. The third kappa shape index (κ3) is 6.81. The molecule has 0 bridgehead atoms. The van der Waals surface area contributed by atoms with Crippen LogP contribution in [0.25, 0.3) is 0 Å². The van der Waals surface area contributed by atoms with Crippen LogP contribution in [0.1, 0.15) is 32.6 Å². The van der Waals surface area contributed by atoms with Gasteiger partial charge in [0.1, 0.15) is 0 Å². The lowest BCUT2D eigenvalue weighted by Gasteiger charge is -1.92. The highest BCUT2D eigenvalue weighted by Crippen LogP contribution is 2.15. The van der Waals surface area contributed by atoms with Crippen molar-refractivity contribution in [1.29, 1.82) is 0 Å². The van der Waals surface area contributed by atoms with Crippen LogP contribution in [-0.4, -0.2) is 0 Å². The summed E-state index contributed by atoms with van der Waals surface area (Å²) in [5.74, 6) is 0. The molecular formula is C8H12Br2. The maximum Gasteiger partial charge on any atom is 0.1000 e. The Morgan fingerprint density at radius 3 is 2.70 bits per heavy atom. The van der Waals surface area contributed by atoms with Crippen molar-refractivity contribution in [3.05, 3.63) is 15.9 Å². The molecular weight excluding hydrogens is 256 g/mol. The van der Waals surface area contributed by atoms with Crippen molar-refractivity contribution in [2.24, 2.45) is 0 Å². The first-order valence-corrected chi connectivity index (χ1v) is 5.12. The molecule has 0 heterocycles. The molecule has 0 N–H and O–H groups in total. The van der Waals surface area contributed by atoms with Crippen molar-refractivity contribution in [3.8, 4) is 0 Å². The predicted octanol–water partition coefficient (Wildman–Crippen LogP) is 4.28. The zero-order valence-electron chi connectivity index (χ0n) is 6.16. The van der Waals surface area contributed by atoms with Crippen molar-refractivity contribution >= 4 is 31.9 Å². The molecule has 0 aliphatic carbocycles. The molecule has 0 aromatic heterocycles. The molecule has 0 saturated heterocycles. The summed E-state index contributed by atoms with van der Waals surface area (Å²) in [6.45, 7) is 2.21. The third-order valence-electron chi connectivity index (χ3n) is 1.22. The SMILES string of the molecule is CCCCC/C=C(\Br)[C]Br. The highest BCUT2D eigenvalue weighted by Gasteiger charge is 1.87. The molecule has 0 unspecified atom stereocenters. The highest BCUT2D eigenvalue weighted by molar-refractivity contribution is 9.14. The summed E-state index contributed by atoms with van der Waals surface area (Å²) >= 11 is 6.45. The van der Waals surface area contributed by atoms with E-state index < -0.39 is 0 Å². The number of hydrogen-bond donors (Lipinski definition) is 0. The smallest absolute Gasteiger partial charge is 0.0755 e. The Labute approximate surface area is 80.3 Å². The summed E-state index contributed by atoms with van der Waals surface area (Å²) in [7, 11) is 0. The molecule has 0 spiro atoms. The van der Waals surface area contributed by atoms with Crippen LogP contribution in [0, 0.1) is 5.33 Å². The van der Waals surface area contributed by atoms with Gasteiger partial charge in [-0.2, -0.15) is 0 Å². The molecule has 0 aromatic rings. The molecule has 0 saturated carbocycles. The maximum atomic E-state index is 3.33. The highest BCUT2D eigenvalue weighted by atomic mass is 79.9. The van der Waals surface area contributed by atoms with Gasteiger partial charge in [0.05, 0.1) is 5.33 Å². The quantitative estimate of drug-likeness (QED) is 0.653. The molecule has 0 rings (SSSR count). The van der Waals surface area contributed by atoms with Gasteiger partial charge in [-0.15, -0.1) is 0 Å². The standard InChI is InChI=1S/C8H12Br2/c1-2-3-4-5-6-8(10)7-9/h6H,2-5H2,1H3/b8-6-. The van der Waals surface area contributed by atoms with Gasteiger partial charge in [0, 0.05) is 4.48 Å². The Bertz CT molecular complexity index is 97.4. The normalized spacial score (nSPS) is 12.1. The van der Waals surface area contributed by atoms with E-state index in [9.17, 15) is 0 Å². The van der Waals surface area contributed by atoms with Crippen LogP contribution in [0.15, 0.2) is 10.6 Å². The fourth-order valence-electron chi connectivity index (χ4n) is 0.662. The molecule has 0 fully saturated rings. The Morgan fingerprint density at radius 1 is 1.50 bits per heavy atom. The topological polar surface area (TPSA) is 0 Å². The van der Waals surface area contributed by atoms with Gasteiger partial charge in [-0.25, -0.2) is 0 Å². The second-order valence-electron chi connectivity index (χ2n) is 2.14. The van der Waals surface area contributed by atoms with E-state index >= 15 is 0 Å². The van der Waals surface area contributed by atoms with Gasteiger partial charge in [0.15, 0.2) is 0 Å². The molecule has 58 valence electrons. The van der Waals surface area contributed by atoms with Crippen molar-refractivity contribution < 1.29 is 0 Å². The van der Waals surface area contributed by atoms with E-state index in [0.717, 1.165) is 10.9 Å². The zero-order chi connectivity index (χ0) is 7.82. The van der Waals surface area contributed by atoms with Gasteiger partial charge < -0.3 is 0 Å². The Balaban J connectivity index is 3.16. The van der Waals surface area contributed by atoms with Gasteiger partial charge >= 0.3 is 0 Å². The first-order valence-electron chi connectivity index (χ1n) is 3.53. The molecule has 0 aliphatic rings. The number of hydrogen-bond acceptors (Lipinski definition) is 0. The van der Waals surface area contributed by atoms with Gasteiger partial charge in [-0.05, 0) is 12.8 Å². The summed E-state index contributed by atoms with van der Waals surface area (Å²) in [5, 5.41) is 2.83. The van der Waals surface area contributed by atoms with E-state index in [2.05, 4.69) is 50.2 Å². The van der Waals surface area contributed by atoms with E-state index in [1.165, 1.54) is 19.3 Å². The molecule has 0 aliphatic heterocycles. The zero-order valence-corrected chi connectivity index (χ0v) is 9.33. The number of unbranched alkanes of at least 4 members (excludes halogenated alkanes) is 3.